The van der Waals surface area contributed by atoms with E-state index < -0.39 is 0 Å². The lowest BCUT2D eigenvalue weighted by atomic mass is 10.3. The minimum Gasteiger partial charge on any atom is -0.490 e. The number of piperazine rings is 1. The first-order valence-corrected chi connectivity index (χ1v) is 12.0. The fraction of sp³-hybridized carbons (Fsp3) is 0.273. The maximum atomic E-state index is 12.7. The quantitative estimate of drug-likeness (QED) is 0.466. The van der Waals surface area contributed by atoms with Crippen LogP contribution in [0.5, 0.6) is 5.75 Å². The molecule has 162 valence electrons. The van der Waals surface area contributed by atoms with Gasteiger partial charge in [-0.05, 0) is 49.4 Å². The third kappa shape index (κ3) is 5.65. The SMILES string of the molecule is C/C=C(Cl)\C=C/COc1ccc(NC(=O)c2cc3sc(N4CCNCC4)nc3s2)cc1. The van der Waals surface area contributed by atoms with Crippen LogP contribution < -0.4 is 20.3 Å². The van der Waals surface area contributed by atoms with Crippen LogP contribution in [0.4, 0.5) is 10.8 Å². The molecule has 1 saturated heterocycles. The highest BCUT2D eigenvalue weighted by molar-refractivity contribution is 7.29. The van der Waals surface area contributed by atoms with Crippen molar-refractivity contribution in [3.63, 3.8) is 0 Å². The van der Waals surface area contributed by atoms with Crippen molar-refractivity contribution in [2.45, 2.75) is 6.92 Å². The molecule has 3 heterocycles. The summed E-state index contributed by atoms with van der Waals surface area (Å²) in [6.45, 7) is 6.19. The summed E-state index contributed by atoms with van der Waals surface area (Å²) in [5, 5.41) is 7.99. The van der Waals surface area contributed by atoms with Crippen LogP contribution in [-0.2, 0) is 0 Å². The van der Waals surface area contributed by atoms with Gasteiger partial charge in [0.25, 0.3) is 5.91 Å². The van der Waals surface area contributed by atoms with Crippen LogP contribution in [0.1, 0.15) is 16.6 Å². The molecule has 4 rings (SSSR count). The molecule has 0 bridgehead atoms. The minimum absolute atomic E-state index is 0.128. The topological polar surface area (TPSA) is 66.5 Å². The zero-order valence-corrected chi connectivity index (χ0v) is 19.4. The van der Waals surface area contributed by atoms with E-state index in [-0.39, 0.29) is 5.91 Å². The summed E-state index contributed by atoms with van der Waals surface area (Å²) in [6, 6.07) is 9.24. The van der Waals surface area contributed by atoms with E-state index in [0.29, 0.717) is 16.5 Å². The van der Waals surface area contributed by atoms with E-state index in [2.05, 4.69) is 15.5 Å². The van der Waals surface area contributed by atoms with Gasteiger partial charge in [-0.3, -0.25) is 4.79 Å². The van der Waals surface area contributed by atoms with E-state index in [1.807, 2.05) is 49.4 Å². The van der Waals surface area contributed by atoms with Crippen LogP contribution in [0.3, 0.4) is 0 Å². The number of thiazole rings is 1. The number of thiophene rings is 1. The molecule has 2 aromatic heterocycles. The summed E-state index contributed by atoms with van der Waals surface area (Å²) in [7, 11) is 0. The van der Waals surface area contributed by atoms with Gasteiger partial charge < -0.3 is 20.3 Å². The molecule has 1 aromatic carbocycles. The monoisotopic (exact) mass is 474 g/mol. The lowest BCUT2D eigenvalue weighted by Gasteiger charge is -2.26. The molecule has 6 nitrogen and oxygen atoms in total. The Morgan fingerprint density at radius 3 is 2.77 bits per heavy atom. The van der Waals surface area contributed by atoms with E-state index in [1.54, 1.807) is 17.4 Å². The largest absolute Gasteiger partial charge is 0.490 e. The van der Waals surface area contributed by atoms with E-state index in [0.717, 1.165) is 52.3 Å². The zero-order chi connectivity index (χ0) is 21.6. The number of carbonyl (C=O) groups is 1. The minimum atomic E-state index is -0.128. The van der Waals surface area contributed by atoms with Crippen molar-refractivity contribution in [2.75, 3.05) is 43.0 Å². The van der Waals surface area contributed by atoms with Gasteiger partial charge in [0.1, 0.15) is 17.2 Å². The van der Waals surface area contributed by atoms with Crippen LogP contribution in [0.25, 0.3) is 9.53 Å². The van der Waals surface area contributed by atoms with Crippen LogP contribution in [0.2, 0.25) is 0 Å². The Balaban J connectivity index is 1.33. The number of rotatable bonds is 7. The summed E-state index contributed by atoms with van der Waals surface area (Å²) < 4.78 is 6.69. The lowest BCUT2D eigenvalue weighted by molar-refractivity contribution is 0.103. The zero-order valence-electron chi connectivity index (χ0n) is 17.1. The molecule has 0 unspecified atom stereocenters. The van der Waals surface area contributed by atoms with Gasteiger partial charge in [-0.15, -0.1) is 11.3 Å². The third-order valence-corrected chi connectivity index (χ3v) is 7.26. The summed E-state index contributed by atoms with van der Waals surface area (Å²) in [5.74, 6) is 0.594. The Morgan fingerprint density at radius 1 is 1.29 bits per heavy atom. The van der Waals surface area contributed by atoms with Gasteiger partial charge in [0.05, 0.1) is 9.58 Å². The Hall–Kier alpha value is -2.39. The molecule has 31 heavy (non-hydrogen) atoms. The van der Waals surface area contributed by atoms with Gasteiger partial charge in [0.15, 0.2) is 5.13 Å². The lowest BCUT2D eigenvalue weighted by Crippen LogP contribution is -2.43. The predicted octanol–water partition coefficient (Wildman–Crippen LogP) is 5.10. The standard InChI is InChI=1S/C22H23ClN4O2S2/c1-2-15(23)4-3-13-29-17-7-5-16(6-8-17)25-20(28)18-14-19-21(30-18)26-22(31-19)27-11-9-24-10-12-27/h2-8,14,24H,9-13H2,1H3,(H,25,28)/b4-3-,15-2+. The number of benzene rings is 1. The molecular weight excluding hydrogens is 452 g/mol. The van der Waals surface area contributed by atoms with E-state index in [4.69, 9.17) is 21.3 Å². The third-order valence-electron chi connectivity index (χ3n) is 4.70. The number of nitrogens with zero attached hydrogens (tertiary/aromatic N) is 2. The summed E-state index contributed by atoms with van der Waals surface area (Å²) in [5.41, 5.74) is 0.719. The molecule has 1 aliphatic rings. The fourth-order valence-corrected chi connectivity index (χ4v) is 5.30. The van der Waals surface area contributed by atoms with Gasteiger partial charge in [-0.2, -0.15) is 0 Å². The van der Waals surface area contributed by atoms with Gasteiger partial charge in [0, 0.05) is 36.9 Å². The maximum Gasteiger partial charge on any atom is 0.265 e. The number of hydrogen-bond acceptors (Lipinski definition) is 7. The molecule has 1 aliphatic heterocycles. The van der Waals surface area contributed by atoms with Crippen LogP contribution in [0.15, 0.2) is 53.6 Å². The molecule has 1 fully saturated rings. The second kappa shape index (κ2) is 10.3. The summed E-state index contributed by atoms with van der Waals surface area (Å²) in [6.07, 6.45) is 5.46. The number of halogens is 1. The van der Waals surface area contributed by atoms with Crippen molar-refractivity contribution < 1.29 is 9.53 Å². The number of nitrogens with one attached hydrogen (secondary N) is 2. The second-order valence-electron chi connectivity index (χ2n) is 6.88. The molecule has 0 aliphatic carbocycles. The average molecular weight is 475 g/mol. The van der Waals surface area contributed by atoms with Gasteiger partial charge in [-0.1, -0.05) is 29.0 Å². The number of allylic oxidation sites excluding steroid dienone is 3. The molecule has 0 radical (unpaired) electrons. The first kappa shape index (κ1) is 21.8. The van der Waals surface area contributed by atoms with Gasteiger partial charge in [-0.25, -0.2) is 4.98 Å². The highest BCUT2D eigenvalue weighted by Gasteiger charge is 2.18. The van der Waals surface area contributed by atoms with Crippen LogP contribution >= 0.6 is 34.3 Å². The van der Waals surface area contributed by atoms with Crippen molar-refractivity contribution in [1.29, 1.82) is 0 Å². The van der Waals surface area contributed by atoms with Crippen molar-refractivity contribution in [3.8, 4) is 5.75 Å². The predicted molar refractivity (Wildman–Crippen MR) is 131 cm³/mol. The Morgan fingerprint density at radius 2 is 2.06 bits per heavy atom. The Labute approximate surface area is 194 Å². The number of ether oxygens (including phenoxy) is 1. The number of fused-ring (bicyclic) bond motifs is 1. The molecule has 9 heteroatoms. The first-order valence-electron chi connectivity index (χ1n) is 10.0. The molecule has 0 saturated carbocycles. The van der Waals surface area contributed by atoms with Crippen molar-refractivity contribution in [1.82, 2.24) is 10.3 Å². The average Bonchev–Trinajstić information content (AvgIpc) is 3.38. The fourth-order valence-electron chi connectivity index (χ4n) is 3.06. The van der Waals surface area contributed by atoms with E-state index in [9.17, 15) is 4.79 Å². The number of hydrogen-bond donors (Lipinski definition) is 2. The van der Waals surface area contributed by atoms with Crippen LogP contribution in [-0.4, -0.2) is 43.7 Å². The van der Waals surface area contributed by atoms with E-state index >= 15 is 0 Å². The van der Waals surface area contributed by atoms with E-state index in [1.165, 1.54) is 11.3 Å². The van der Waals surface area contributed by atoms with Gasteiger partial charge >= 0.3 is 0 Å². The van der Waals surface area contributed by atoms with Crippen molar-refractivity contribution in [2.24, 2.45) is 0 Å². The molecular formula is C22H23ClN4O2S2. The van der Waals surface area contributed by atoms with Crippen LogP contribution in [0, 0.1) is 0 Å². The molecule has 0 atom stereocenters. The number of aromatic nitrogens is 1. The Bertz CT molecular complexity index is 1070. The smallest absolute Gasteiger partial charge is 0.265 e. The first-order chi connectivity index (χ1) is 15.1. The highest BCUT2D eigenvalue weighted by atomic mass is 35.5. The molecule has 3 aromatic rings. The number of amides is 1. The second-order valence-corrected chi connectivity index (χ2v) is 9.36. The number of carbonyl (C=O) groups excluding carboxylic acids is 1. The summed E-state index contributed by atoms with van der Waals surface area (Å²) >= 11 is 8.97. The highest BCUT2D eigenvalue weighted by Crippen LogP contribution is 2.35. The molecule has 1 amide bonds. The number of anilines is 2. The molecule has 0 spiro atoms. The van der Waals surface area contributed by atoms with Crippen molar-refractivity contribution >= 4 is 60.5 Å². The normalized spacial score (nSPS) is 15.0. The Kier molecular flexibility index (Phi) is 7.24. The van der Waals surface area contributed by atoms with Gasteiger partial charge in [0.2, 0.25) is 0 Å². The summed E-state index contributed by atoms with van der Waals surface area (Å²) in [4.78, 5) is 21.3. The van der Waals surface area contributed by atoms with Crippen molar-refractivity contribution in [3.05, 3.63) is 58.5 Å². The maximum absolute atomic E-state index is 12.7. The molecule has 2 N–H and O–H groups in total.